The number of ether oxygens (including phenoxy) is 1. The summed E-state index contributed by atoms with van der Waals surface area (Å²) in [6.45, 7) is 1.66. The number of aryl methyl sites for hydroxylation is 1. The van der Waals surface area contributed by atoms with Crippen LogP contribution in [0.15, 0.2) is 12.1 Å². The van der Waals surface area contributed by atoms with Crippen LogP contribution in [-0.2, 0) is 4.79 Å². The van der Waals surface area contributed by atoms with Gasteiger partial charge in [-0.05, 0) is 18.6 Å². The van der Waals surface area contributed by atoms with Gasteiger partial charge in [-0.15, -0.1) is 0 Å². The number of hydrogen-bond acceptors (Lipinski definition) is 4. The number of aliphatic hydroxyl groups is 1. The Bertz CT molecular complexity index is 423. The minimum atomic E-state index is -1.24. The number of carbonyl (C=O) groups is 1. The highest BCUT2D eigenvalue weighted by atomic mass is 35.5. The maximum atomic E-state index is 11.5. The largest absolute Gasteiger partial charge is 0.495 e. The molecular formula is C11H15ClN2O3. The van der Waals surface area contributed by atoms with Crippen LogP contribution in [0.3, 0.4) is 0 Å². The predicted molar refractivity (Wildman–Crippen MR) is 66.4 cm³/mol. The summed E-state index contributed by atoms with van der Waals surface area (Å²) in [6.07, 6.45) is -1.24. The maximum absolute atomic E-state index is 11.5. The Kier molecular flexibility index (Phi) is 4.74. The molecule has 1 aromatic rings. The van der Waals surface area contributed by atoms with Crippen LogP contribution in [0, 0.1) is 6.92 Å². The van der Waals surface area contributed by atoms with Gasteiger partial charge in [0.2, 0.25) is 0 Å². The first-order valence-corrected chi connectivity index (χ1v) is 5.40. The first-order valence-electron chi connectivity index (χ1n) is 5.02. The molecule has 1 rings (SSSR count). The van der Waals surface area contributed by atoms with E-state index in [1.54, 1.807) is 19.1 Å². The maximum Gasteiger partial charge on any atom is 0.254 e. The molecule has 94 valence electrons. The number of nitrogens with two attached hydrogens (primary N) is 1. The molecule has 0 radical (unpaired) electrons. The van der Waals surface area contributed by atoms with E-state index < -0.39 is 12.0 Å². The van der Waals surface area contributed by atoms with Crippen LogP contribution in [-0.4, -0.2) is 30.8 Å². The normalized spacial score (nSPS) is 12.1. The average molecular weight is 259 g/mol. The van der Waals surface area contributed by atoms with Crippen LogP contribution >= 0.6 is 11.6 Å². The summed E-state index contributed by atoms with van der Waals surface area (Å²) in [5.41, 5.74) is 6.44. The molecule has 5 nitrogen and oxygen atoms in total. The molecule has 0 aliphatic carbocycles. The summed E-state index contributed by atoms with van der Waals surface area (Å²) in [5, 5.41) is 12.3. The van der Waals surface area contributed by atoms with Gasteiger partial charge in [-0.25, -0.2) is 0 Å². The smallest absolute Gasteiger partial charge is 0.254 e. The van der Waals surface area contributed by atoms with Gasteiger partial charge in [0.1, 0.15) is 11.9 Å². The molecule has 0 aromatic heterocycles. The van der Waals surface area contributed by atoms with Crippen molar-refractivity contribution >= 4 is 23.2 Å². The number of anilines is 1. The van der Waals surface area contributed by atoms with Gasteiger partial charge in [0.15, 0.2) is 0 Å². The van der Waals surface area contributed by atoms with Crippen molar-refractivity contribution in [2.45, 2.75) is 13.0 Å². The topological polar surface area (TPSA) is 84.6 Å². The molecule has 1 unspecified atom stereocenters. The lowest BCUT2D eigenvalue weighted by Gasteiger charge is -2.14. The van der Waals surface area contributed by atoms with Crippen LogP contribution in [0.4, 0.5) is 5.69 Å². The van der Waals surface area contributed by atoms with Crippen molar-refractivity contribution in [2.24, 2.45) is 5.73 Å². The van der Waals surface area contributed by atoms with E-state index in [2.05, 4.69) is 5.32 Å². The number of rotatable bonds is 4. The van der Waals surface area contributed by atoms with Crippen molar-refractivity contribution in [3.63, 3.8) is 0 Å². The van der Waals surface area contributed by atoms with Gasteiger partial charge in [0.05, 0.1) is 12.8 Å². The fourth-order valence-corrected chi connectivity index (χ4v) is 1.41. The molecule has 0 aliphatic rings. The first kappa shape index (κ1) is 13.8. The fraction of sp³-hybridized carbons (Fsp3) is 0.364. The lowest BCUT2D eigenvalue weighted by atomic mass is 10.2. The second-order valence-electron chi connectivity index (χ2n) is 3.54. The van der Waals surface area contributed by atoms with Crippen LogP contribution in [0.25, 0.3) is 0 Å². The SMILES string of the molecule is COc1cc(Cl)c(C)cc1NC(=O)C(O)CN. The van der Waals surface area contributed by atoms with Crippen molar-refractivity contribution in [3.8, 4) is 5.75 Å². The van der Waals surface area contributed by atoms with Crippen molar-refractivity contribution in [3.05, 3.63) is 22.7 Å². The van der Waals surface area contributed by atoms with Crippen molar-refractivity contribution < 1.29 is 14.6 Å². The van der Waals surface area contributed by atoms with E-state index in [-0.39, 0.29) is 6.54 Å². The molecule has 1 aromatic carbocycles. The summed E-state index contributed by atoms with van der Waals surface area (Å²) in [7, 11) is 1.47. The van der Waals surface area contributed by atoms with Crippen LogP contribution in [0.5, 0.6) is 5.75 Å². The second-order valence-corrected chi connectivity index (χ2v) is 3.95. The van der Waals surface area contributed by atoms with E-state index in [1.165, 1.54) is 7.11 Å². The molecule has 0 aliphatic heterocycles. The average Bonchev–Trinajstić information content (AvgIpc) is 2.32. The van der Waals surface area contributed by atoms with Gasteiger partial charge < -0.3 is 20.9 Å². The molecule has 0 fully saturated rings. The summed E-state index contributed by atoms with van der Waals surface area (Å²) in [4.78, 5) is 11.5. The number of halogens is 1. The highest BCUT2D eigenvalue weighted by Gasteiger charge is 2.15. The number of aliphatic hydroxyl groups excluding tert-OH is 1. The fourth-order valence-electron chi connectivity index (χ4n) is 1.25. The quantitative estimate of drug-likeness (QED) is 0.750. The lowest BCUT2D eigenvalue weighted by Crippen LogP contribution is -2.34. The van der Waals surface area contributed by atoms with E-state index in [4.69, 9.17) is 22.1 Å². The van der Waals surface area contributed by atoms with Gasteiger partial charge in [-0.2, -0.15) is 0 Å². The standard InChI is InChI=1S/C11H15ClN2O3/c1-6-3-8(10(17-2)4-7(6)12)14-11(16)9(15)5-13/h3-4,9,15H,5,13H2,1-2H3,(H,14,16). The molecule has 1 amide bonds. The van der Waals surface area contributed by atoms with E-state index >= 15 is 0 Å². The molecule has 4 N–H and O–H groups in total. The number of nitrogens with one attached hydrogen (secondary N) is 1. The van der Waals surface area contributed by atoms with Gasteiger partial charge in [-0.3, -0.25) is 4.79 Å². The zero-order chi connectivity index (χ0) is 13.0. The van der Waals surface area contributed by atoms with Crippen molar-refractivity contribution in [1.29, 1.82) is 0 Å². The zero-order valence-corrected chi connectivity index (χ0v) is 10.4. The molecule has 0 saturated carbocycles. The molecular weight excluding hydrogens is 244 g/mol. The summed E-state index contributed by atoms with van der Waals surface area (Å²) >= 11 is 5.93. The van der Waals surface area contributed by atoms with Gasteiger partial charge in [-0.1, -0.05) is 11.6 Å². The Hall–Kier alpha value is -1.30. The summed E-state index contributed by atoms with van der Waals surface area (Å²) < 4.78 is 5.08. The predicted octanol–water partition coefficient (Wildman–Crippen LogP) is 0.915. The minimum absolute atomic E-state index is 0.138. The number of amides is 1. The Balaban J connectivity index is 2.97. The number of carbonyl (C=O) groups excluding carboxylic acids is 1. The Morgan fingerprint density at radius 2 is 2.29 bits per heavy atom. The van der Waals surface area contributed by atoms with Gasteiger partial charge in [0.25, 0.3) is 5.91 Å². The zero-order valence-electron chi connectivity index (χ0n) is 9.66. The monoisotopic (exact) mass is 258 g/mol. The van der Waals surface area contributed by atoms with Crippen LogP contribution in [0.1, 0.15) is 5.56 Å². The molecule has 0 bridgehead atoms. The first-order chi connectivity index (χ1) is 7.99. The highest BCUT2D eigenvalue weighted by molar-refractivity contribution is 6.31. The van der Waals surface area contributed by atoms with E-state index in [0.29, 0.717) is 16.5 Å². The molecule has 0 spiro atoms. The third kappa shape index (κ3) is 3.33. The Morgan fingerprint density at radius 3 is 2.82 bits per heavy atom. The number of benzene rings is 1. The van der Waals surface area contributed by atoms with E-state index in [9.17, 15) is 9.90 Å². The number of methoxy groups -OCH3 is 1. The molecule has 6 heteroatoms. The number of hydrogen-bond donors (Lipinski definition) is 3. The van der Waals surface area contributed by atoms with Crippen LogP contribution < -0.4 is 15.8 Å². The third-order valence-electron chi connectivity index (χ3n) is 2.26. The van der Waals surface area contributed by atoms with Gasteiger partial charge >= 0.3 is 0 Å². The second kappa shape index (κ2) is 5.86. The van der Waals surface area contributed by atoms with Crippen molar-refractivity contribution in [2.75, 3.05) is 19.0 Å². The van der Waals surface area contributed by atoms with E-state index in [0.717, 1.165) is 5.56 Å². The highest BCUT2D eigenvalue weighted by Crippen LogP contribution is 2.30. The Labute approximate surface area is 105 Å². The molecule has 17 heavy (non-hydrogen) atoms. The third-order valence-corrected chi connectivity index (χ3v) is 2.67. The summed E-state index contributed by atoms with van der Waals surface area (Å²) in [5.74, 6) is -0.148. The molecule has 0 heterocycles. The molecule has 0 saturated heterocycles. The van der Waals surface area contributed by atoms with Gasteiger partial charge in [0, 0.05) is 17.6 Å². The summed E-state index contributed by atoms with van der Waals surface area (Å²) in [6, 6.07) is 3.27. The van der Waals surface area contributed by atoms with Crippen molar-refractivity contribution in [1.82, 2.24) is 0 Å². The minimum Gasteiger partial charge on any atom is -0.495 e. The van der Waals surface area contributed by atoms with E-state index in [1.807, 2.05) is 0 Å². The van der Waals surface area contributed by atoms with Crippen LogP contribution in [0.2, 0.25) is 5.02 Å². The Morgan fingerprint density at radius 1 is 1.65 bits per heavy atom. The lowest BCUT2D eigenvalue weighted by molar-refractivity contribution is -0.123. The molecule has 1 atom stereocenters.